The van der Waals surface area contributed by atoms with Crippen molar-refractivity contribution in [2.45, 2.75) is 6.92 Å². The van der Waals surface area contributed by atoms with E-state index >= 15 is 0 Å². The summed E-state index contributed by atoms with van der Waals surface area (Å²) in [7, 11) is 0. The third kappa shape index (κ3) is 4.11. The lowest BCUT2D eigenvalue weighted by molar-refractivity contribution is -0.120. The monoisotopic (exact) mass is 433 g/mol. The van der Waals surface area contributed by atoms with Crippen molar-refractivity contribution in [1.82, 2.24) is 0 Å². The van der Waals surface area contributed by atoms with Crippen molar-refractivity contribution in [3.05, 3.63) is 95.7 Å². The van der Waals surface area contributed by atoms with Gasteiger partial charge in [0.05, 0.1) is 11.3 Å². The van der Waals surface area contributed by atoms with E-state index in [-0.39, 0.29) is 28.6 Å². The maximum absolute atomic E-state index is 13.7. The van der Waals surface area contributed by atoms with E-state index < -0.39 is 23.4 Å². The molecule has 0 fully saturated rings. The minimum absolute atomic E-state index is 0.0326. The number of carbonyl (C=O) groups excluding carboxylic acids is 3. The van der Waals surface area contributed by atoms with Crippen molar-refractivity contribution in [3.8, 4) is 0 Å². The normalized spacial score (nSPS) is 13.5. The van der Waals surface area contributed by atoms with E-state index in [2.05, 4.69) is 10.6 Å². The highest BCUT2D eigenvalue weighted by Crippen LogP contribution is 2.34. The molecule has 0 radical (unpaired) electrons. The van der Waals surface area contributed by atoms with E-state index in [1.54, 1.807) is 18.2 Å². The Bertz CT molecular complexity index is 1250. The van der Waals surface area contributed by atoms with Gasteiger partial charge in [0.25, 0.3) is 11.8 Å². The fraction of sp³-hybridized carbons (Fsp3) is 0.0417. The number of nitrogens with zero attached hydrogens (tertiary/aromatic N) is 1. The average Bonchev–Trinajstić information content (AvgIpc) is 2.99. The summed E-state index contributed by atoms with van der Waals surface area (Å²) in [6.07, 6.45) is 0. The molecule has 6 nitrogen and oxygen atoms in total. The molecule has 0 aromatic heterocycles. The average molecular weight is 433 g/mol. The molecule has 0 saturated carbocycles. The molecule has 8 heteroatoms. The van der Waals surface area contributed by atoms with Gasteiger partial charge in [0, 0.05) is 18.3 Å². The molecule has 0 atom stereocenters. The molecule has 3 amide bonds. The summed E-state index contributed by atoms with van der Waals surface area (Å²) in [5.74, 6) is -2.52. The lowest BCUT2D eigenvalue weighted by atomic mass is 10.0. The Hall–Kier alpha value is -4.33. The number of rotatable bonds is 5. The standard InChI is InChI=1S/C24H17F2N3O3/c1-14(30)27-18-9-11-20(12-10-18)29-23(31)21(15-5-7-16(25)8-6-15)22(24(29)32)28-19-4-2-3-17(26)13-19/h2-13,28H,1H3,(H,27,30). The largest absolute Gasteiger partial charge is 0.350 e. The molecule has 0 bridgehead atoms. The highest BCUT2D eigenvalue weighted by molar-refractivity contribution is 6.46. The van der Waals surface area contributed by atoms with Crippen molar-refractivity contribution in [2.75, 3.05) is 15.5 Å². The number of amides is 3. The van der Waals surface area contributed by atoms with Gasteiger partial charge < -0.3 is 10.6 Å². The van der Waals surface area contributed by atoms with Crippen molar-refractivity contribution in [3.63, 3.8) is 0 Å². The molecule has 0 spiro atoms. The summed E-state index contributed by atoms with van der Waals surface area (Å²) >= 11 is 0. The lowest BCUT2D eigenvalue weighted by Gasteiger charge is -2.16. The molecule has 32 heavy (non-hydrogen) atoms. The zero-order valence-electron chi connectivity index (χ0n) is 16.9. The summed E-state index contributed by atoms with van der Waals surface area (Å²) < 4.78 is 27.1. The van der Waals surface area contributed by atoms with Crippen molar-refractivity contribution in [1.29, 1.82) is 0 Å². The smallest absolute Gasteiger partial charge is 0.282 e. The van der Waals surface area contributed by atoms with Crippen LogP contribution >= 0.6 is 0 Å². The third-order valence-corrected chi connectivity index (χ3v) is 4.76. The van der Waals surface area contributed by atoms with E-state index in [9.17, 15) is 23.2 Å². The van der Waals surface area contributed by atoms with Gasteiger partial charge in [0.1, 0.15) is 17.3 Å². The van der Waals surface area contributed by atoms with E-state index in [0.29, 0.717) is 11.3 Å². The Morgan fingerprint density at radius 1 is 0.812 bits per heavy atom. The molecule has 3 aromatic rings. The summed E-state index contributed by atoms with van der Waals surface area (Å²) in [6.45, 7) is 1.37. The quantitative estimate of drug-likeness (QED) is 0.588. The maximum atomic E-state index is 13.7. The van der Waals surface area contributed by atoms with E-state index in [1.165, 1.54) is 61.5 Å². The number of nitrogens with one attached hydrogen (secondary N) is 2. The van der Waals surface area contributed by atoms with Crippen LogP contribution in [-0.4, -0.2) is 17.7 Å². The number of hydrogen-bond acceptors (Lipinski definition) is 4. The summed E-state index contributed by atoms with van der Waals surface area (Å²) in [5, 5.41) is 5.45. The third-order valence-electron chi connectivity index (χ3n) is 4.76. The molecular formula is C24H17F2N3O3. The van der Waals surface area contributed by atoms with Crippen LogP contribution in [0.15, 0.2) is 78.5 Å². The second kappa shape index (κ2) is 8.43. The predicted octanol–water partition coefficient (Wildman–Crippen LogP) is 4.32. The van der Waals surface area contributed by atoms with E-state index in [0.717, 1.165) is 4.90 Å². The zero-order valence-corrected chi connectivity index (χ0v) is 16.9. The Morgan fingerprint density at radius 3 is 2.12 bits per heavy atom. The van der Waals surface area contributed by atoms with Crippen LogP contribution in [0.1, 0.15) is 12.5 Å². The number of anilines is 3. The molecule has 0 saturated heterocycles. The Kier molecular flexibility index (Phi) is 5.51. The van der Waals surface area contributed by atoms with Gasteiger partial charge in [0.15, 0.2) is 0 Å². The Balaban J connectivity index is 1.75. The Labute approximate surface area is 182 Å². The highest BCUT2D eigenvalue weighted by Gasteiger charge is 2.40. The zero-order chi connectivity index (χ0) is 22.8. The van der Waals surface area contributed by atoms with Crippen LogP contribution in [0.4, 0.5) is 25.8 Å². The van der Waals surface area contributed by atoms with Crippen LogP contribution in [0.3, 0.4) is 0 Å². The van der Waals surface area contributed by atoms with Gasteiger partial charge in [-0.1, -0.05) is 18.2 Å². The first kappa shape index (κ1) is 20.9. The van der Waals surface area contributed by atoms with Gasteiger partial charge in [-0.25, -0.2) is 13.7 Å². The molecule has 2 N–H and O–H groups in total. The van der Waals surface area contributed by atoms with Crippen molar-refractivity contribution < 1.29 is 23.2 Å². The molecule has 4 rings (SSSR count). The number of imide groups is 1. The molecule has 1 aliphatic rings. The minimum Gasteiger partial charge on any atom is -0.350 e. The van der Waals surface area contributed by atoms with Crippen LogP contribution in [0, 0.1) is 11.6 Å². The lowest BCUT2D eigenvalue weighted by Crippen LogP contribution is -2.32. The molecule has 1 aliphatic heterocycles. The molecule has 0 aliphatic carbocycles. The number of hydrogen-bond donors (Lipinski definition) is 2. The minimum atomic E-state index is -0.647. The second-order valence-electron chi connectivity index (χ2n) is 7.07. The first-order valence-electron chi connectivity index (χ1n) is 9.63. The van der Waals surface area contributed by atoms with Crippen LogP contribution in [0.5, 0.6) is 0 Å². The van der Waals surface area contributed by atoms with Gasteiger partial charge in [-0.2, -0.15) is 0 Å². The summed E-state index contributed by atoms with van der Waals surface area (Å²) in [6, 6.07) is 16.8. The van der Waals surface area contributed by atoms with E-state index in [1.807, 2.05) is 0 Å². The van der Waals surface area contributed by atoms with Gasteiger partial charge in [-0.3, -0.25) is 14.4 Å². The van der Waals surface area contributed by atoms with Crippen LogP contribution in [0.2, 0.25) is 0 Å². The van der Waals surface area contributed by atoms with Crippen LogP contribution in [-0.2, 0) is 14.4 Å². The molecule has 0 unspecified atom stereocenters. The fourth-order valence-corrected chi connectivity index (χ4v) is 3.37. The van der Waals surface area contributed by atoms with Gasteiger partial charge in [-0.05, 0) is 60.2 Å². The maximum Gasteiger partial charge on any atom is 0.282 e. The first-order valence-corrected chi connectivity index (χ1v) is 9.63. The predicted molar refractivity (Wildman–Crippen MR) is 117 cm³/mol. The number of carbonyl (C=O) groups is 3. The molecular weight excluding hydrogens is 416 g/mol. The van der Waals surface area contributed by atoms with Crippen LogP contribution < -0.4 is 15.5 Å². The molecule has 3 aromatic carbocycles. The van der Waals surface area contributed by atoms with Gasteiger partial charge in [-0.15, -0.1) is 0 Å². The van der Waals surface area contributed by atoms with Gasteiger partial charge >= 0.3 is 0 Å². The Morgan fingerprint density at radius 2 is 1.50 bits per heavy atom. The summed E-state index contributed by atoms with van der Waals surface area (Å²) in [5.41, 5.74) is 1.38. The fourth-order valence-electron chi connectivity index (χ4n) is 3.37. The number of halogens is 2. The SMILES string of the molecule is CC(=O)Nc1ccc(N2C(=O)C(Nc3cccc(F)c3)=C(c3ccc(F)cc3)C2=O)cc1. The van der Waals surface area contributed by atoms with Crippen molar-refractivity contribution in [2.24, 2.45) is 0 Å². The van der Waals surface area contributed by atoms with E-state index in [4.69, 9.17) is 0 Å². The van der Waals surface area contributed by atoms with Crippen molar-refractivity contribution >= 4 is 40.4 Å². The molecule has 160 valence electrons. The topological polar surface area (TPSA) is 78.5 Å². The molecule has 1 heterocycles. The second-order valence-corrected chi connectivity index (χ2v) is 7.07. The number of benzene rings is 3. The summed E-state index contributed by atoms with van der Waals surface area (Å²) in [4.78, 5) is 38.8. The van der Waals surface area contributed by atoms with Crippen LogP contribution in [0.25, 0.3) is 5.57 Å². The highest BCUT2D eigenvalue weighted by atomic mass is 19.1. The first-order chi connectivity index (χ1) is 15.3. The van der Waals surface area contributed by atoms with Gasteiger partial charge in [0.2, 0.25) is 5.91 Å².